The van der Waals surface area contributed by atoms with Gasteiger partial charge in [-0.25, -0.2) is 0 Å². The molecule has 0 saturated heterocycles. The fourth-order valence-electron chi connectivity index (χ4n) is 2.42. The Morgan fingerprint density at radius 1 is 1.15 bits per heavy atom. The van der Waals surface area contributed by atoms with Crippen LogP contribution in [0.4, 0.5) is 0 Å². The van der Waals surface area contributed by atoms with E-state index in [1.807, 2.05) is 0 Å². The summed E-state index contributed by atoms with van der Waals surface area (Å²) in [7, 11) is 0. The molecule has 0 saturated carbocycles. The van der Waals surface area contributed by atoms with Gasteiger partial charge in [0.25, 0.3) is 0 Å². The van der Waals surface area contributed by atoms with Gasteiger partial charge in [-0.2, -0.15) is 0 Å². The quantitative estimate of drug-likeness (QED) is 0.767. The molecule has 20 heavy (non-hydrogen) atoms. The number of benzene rings is 1. The Labute approximate surface area is 129 Å². The largest absolute Gasteiger partial charge is 0.310 e. The molecule has 108 valence electrons. The van der Waals surface area contributed by atoms with Gasteiger partial charge in [-0.15, -0.1) is 10.2 Å². The van der Waals surface area contributed by atoms with E-state index in [0.717, 1.165) is 29.9 Å². The molecule has 0 fully saturated rings. The van der Waals surface area contributed by atoms with Gasteiger partial charge in [-0.05, 0) is 17.4 Å². The normalized spacial score (nSPS) is 11.8. The Kier molecular flexibility index (Phi) is 4.63. The van der Waals surface area contributed by atoms with Crippen molar-refractivity contribution in [2.75, 3.05) is 0 Å². The molecule has 1 heterocycles. The van der Waals surface area contributed by atoms with Crippen molar-refractivity contribution in [3.63, 3.8) is 0 Å². The van der Waals surface area contributed by atoms with Crippen molar-refractivity contribution >= 4 is 15.9 Å². The zero-order valence-electron chi connectivity index (χ0n) is 12.7. The number of aromatic nitrogens is 3. The highest BCUT2D eigenvalue weighted by Gasteiger charge is 2.22. The third-order valence-electron chi connectivity index (χ3n) is 3.37. The van der Waals surface area contributed by atoms with Gasteiger partial charge in [0.2, 0.25) is 0 Å². The maximum Gasteiger partial charge on any atom is 0.164 e. The Bertz CT molecular complexity index is 582. The van der Waals surface area contributed by atoms with Gasteiger partial charge < -0.3 is 4.57 Å². The second-order valence-corrected chi connectivity index (χ2v) is 6.58. The molecule has 0 radical (unpaired) electrons. The number of hydrogen-bond donors (Lipinski definition) is 0. The Balaban J connectivity index is 2.60. The SMILES string of the molecule is CCCn1c(CBr)nnc1-c1ccccc1C(C)(C)C. The number of rotatable bonds is 4. The van der Waals surface area contributed by atoms with E-state index in [-0.39, 0.29) is 5.41 Å². The van der Waals surface area contributed by atoms with Gasteiger partial charge in [-0.1, -0.05) is 67.9 Å². The van der Waals surface area contributed by atoms with Crippen molar-refractivity contribution in [2.45, 2.75) is 51.4 Å². The first-order valence-electron chi connectivity index (χ1n) is 7.07. The second kappa shape index (κ2) is 6.08. The Hall–Kier alpha value is -1.16. The van der Waals surface area contributed by atoms with E-state index in [1.54, 1.807) is 0 Å². The van der Waals surface area contributed by atoms with Crippen LogP contribution in [0.3, 0.4) is 0 Å². The van der Waals surface area contributed by atoms with Gasteiger partial charge in [-0.3, -0.25) is 0 Å². The molecule has 0 bridgehead atoms. The predicted molar refractivity (Wildman–Crippen MR) is 87.1 cm³/mol. The monoisotopic (exact) mass is 335 g/mol. The van der Waals surface area contributed by atoms with Gasteiger partial charge in [0.15, 0.2) is 5.82 Å². The molecule has 4 heteroatoms. The average molecular weight is 336 g/mol. The summed E-state index contributed by atoms with van der Waals surface area (Å²) < 4.78 is 2.22. The highest BCUT2D eigenvalue weighted by molar-refractivity contribution is 9.08. The lowest BCUT2D eigenvalue weighted by Crippen LogP contribution is -2.14. The molecule has 0 amide bonds. The Morgan fingerprint density at radius 3 is 2.45 bits per heavy atom. The average Bonchev–Trinajstić information content (AvgIpc) is 2.81. The van der Waals surface area contributed by atoms with Crippen LogP contribution in [0.2, 0.25) is 0 Å². The van der Waals surface area contributed by atoms with Crippen LogP contribution in [0.1, 0.15) is 45.5 Å². The van der Waals surface area contributed by atoms with E-state index in [9.17, 15) is 0 Å². The molecule has 3 nitrogen and oxygen atoms in total. The molecule has 2 rings (SSSR count). The summed E-state index contributed by atoms with van der Waals surface area (Å²) in [5.74, 6) is 1.97. The third-order valence-corrected chi connectivity index (χ3v) is 3.87. The molecule has 1 aromatic carbocycles. The molecule has 0 aliphatic heterocycles. The molecule has 0 N–H and O–H groups in total. The highest BCUT2D eigenvalue weighted by atomic mass is 79.9. The summed E-state index contributed by atoms with van der Waals surface area (Å²) in [4.78, 5) is 0. The van der Waals surface area contributed by atoms with Crippen LogP contribution in [-0.2, 0) is 17.3 Å². The lowest BCUT2D eigenvalue weighted by molar-refractivity contribution is 0.589. The van der Waals surface area contributed by atoms with Crippen molar-refractivity contribution in [1.29, 1.82) is 0 Å². The summed E-state index contributed by atoms with van der Waals surface area (Å²) in [6, 6.07) is 8.50. The molecule has 0 aliphatic rings. The fourth-order valence-corrected chi connectivity index (χ4v) is 2.84. The van der Waals surface area contributed by atoms with Gasteiger partial charge >= 0.3 is 0 Å². The summed E-state index contributed by atoms with van der Waals surface area (Å²) in [6.45, 7) is 9.83. The second-order valence-electron chi connectivity index (χ2n) is 6.02. The van der Waals surface area contributed by atoms with E-state index in [0.29, 0.717) is 0 Å². The molecule has 0 unspecified atom stereocenters. The van der Waals surface area contributed by atoms with E-state index < -0.39 is 0 Å². The van der Waals surface area contributed by atoms with Crippen LogP contribution in [-0.4, -0.2) is 14.8 Å². The molecule has 1 aromatic heterocycles. The van der Waals surface area contributed by atoms with Gasteiger partial charge in [0.05, 0.1) is 5.33 Å². The van der Waals surface area contributed by atoms with Crippen molar-refractivity contribution in [3.05, 3.63) is 35.7 Å². The highest BCUT2D eigenvalue weighted by Crippen LogP contribution is 2.32. The smallest absolute Gasteiger partial charge is 0.164 e. The van der Waals surface area contributed by atoms with Crippen molar-refractivity contribution in [2.24, 2.45) is 0 Å². The first-order valence-corrected chi connectivity index (χ1v) is 8.19. The van der Waals surface area contributed by atoms with Gasteiger partial charge in [0, 0.05) is 12.1 Å². The van der Waals surface area contributed by atoms with Crippen molar-refractivity contribution < 1.29 is 0 Å². The summed E-state index contributed by atoms with van der Waals surface area (Å²) in [5.41, 5.74) is 2.59. The first-order chi connectivity index (χ1) is 9.49. The van der Waals surface area contributed by atoms with Crippen LogP contribution < -0.4 is 0 Å². The minimum absolute atomic E-state index is 0.0914. The number of alkyl halides is 1. The number of nitrogens with zero attached hydrogens (tertiary/aromatic N) is 3. The van der Waals surface area contributed by atoms with E-state index in [2.05, 4.69) is 82.7 Å². The molecule has 0 atom stereocenters. The fraction of sp³-hybridized carbons (Fsp3) is 0.500. The Morgan fingerprint density at radius 2 is 1.85 bits per heavy atom. The number of hydrogen-bond acceptors (Lipinski definition) is 2. The maximum absolute atomic E-state index is 4.43. The molecule has 2 aromatic rings. The topological polar surface area (TPSA) is 30.7 Å². The third kappa shape index (κ3) is 2.95. The standard InChI is InChI=1S/C16H22BrN3/c1-5-10-20-14(11-17)18-19-15(20)12-8-6-7-9-13(12)16(2,3)4/h6-9H,5,10-11H2,1-4H3. The van der Waals surface area contributed by atoms with Crippen LogP contribution >= 0.6 is 15.9 Å². The summed E-state index contributed by atoms with van der Waals surface area (Å²) in [5, 5.41) is 9.49. The van der Waals surface area contributed by atoms with Crippen LogP contribution in [0.25, 0.3) is 11.4 Å². The number of halogens is 1. The van der Waals surface area contributed by atoms with Crippen molar-refractivity contribution in [3.8, 4) is 11.4 Å². The van der Waals surface area contributed by atoms with Crippen LogP contribution in [0.5, 0.6) is 0 Å². The van der Waals surface area contributed by atoms with Crippen LogP contribution in [0.15, 0.2) is 24.3 Å². The van der Waals surface area contributed by atoms with E-state index >= 15 is 0 Å². The van der Waals surface area contributed by atoms with Crippen LogP contribution in [0, 0.1) is 0 Å². The minimum Gasteiger partial charge on any atom is -0.310 e. The first kappa shape index (κ1) is 15.2. The zero-order valence-corrected chi connectivity index (χ0v) is 14.2. The lowest BCUT2D eigenvalue weighted by atomic mass is 9.83. The molecular weight excluding hydrogens is 314 g/mol. The molecule has 0 aliphatic carbocycles. The molecular formula is C16H22BrN3. The van der Waals surface area contributed by atoms with E-state index in [1.165, 1.54) is 11.1 Å². The molecule has 0 spiro atoms. The predicted octanol–water partition coefficient (Wildman–Crippen LogP) is 4.55. The minimum atomic E-state index is 0.0914. The maximum atomic E-state index is 4.43. The summed E-state index contributed by atoms with van der Waals surface area (Å²) in [6.07, 6.45) is 1.07. The lowest BCUT2D eigenvalue weighted by Gasteiger charge is -2.22. The van der Waals surface area contributed by atoms with Crippen molar-refractivity contribution in [1.82, 2.24) is 14.8 Å². The summed E-state index contributed by atoms with van der Waals surface area (Å²) >= 11 is 3.50. The van der Waals surface area contributed by atoms with E-state index in [4.69, 9.17) is 0 Å². The zero-order chi connectivity index (χ0) is 14.8. The van der Waals surface area contributed by atoms with Gasteiger partial charge in [0.1, 0.15) is 5.82 Å².